The minimum absolute atomic E-state index is 0.200. The molecule has 108 valence electrons. The minimum atomic E-state index is -0.343. The molecule has 0 atom stereocenters. The van der Waals surface area contributed by atoms with E-state index in [-0.39, 0.29) is 16.9 Å². The van der Waals surface area contributed by atoms with Gasteiger partial charge in [-0.3, -0.25) is 4.79 Å². The Morgan fingerprint density at radius 3 is 2.30 bits per heavy atom. The largest absolute Gasteiger partial charge is 0.399 e. The van der Waals surface area contributed by atoms with Crippen molar-refractivity contribution in [1.82, 2.24) is 4.90 Å². The molecule has 1 aromatic carbocycles. The number of nitrogens with zero attached hydrogens (tertiary/aromatic N) is 1. The predicted molar refractivity (Wildman–Crippen MR) is 83.4 cm³/mol. The molecule has 1 saturated carbocycles. The van der Waals surface area contributed by atoms with Crippen molar-refractivity contribution >= 4 is 11.6 Å². The van der Waals surface area contributed by atoms with E-state index in [1.165, 1.54) is 0 Å². The third kappa shape index (κ3) is 2.58. The molecule has 3 heteroatoms. The number of nitrogen functional groups attached to an aromatic ring is 1. The third-order valence-corrected chi connectivity index (χ3v) is 3.99. The van der Waals surface area contributed by atoms with Crippen molar-refractivity contribution in [3.05, 3.63) is 42.5 Å². The summed E-state index contributed by atoms with van der Waals surface area (Å²) in [6, 6.07) is 7.71. The lowest BCUT2D eigenvalue weighted by molar-refractivity contribution is -0.138. The van der Waals surface area contributed by atoms with Gasteiger partial charge in [0.05, 0.1) is 5.41 Å². The molecule has 0 aromatic heterocycles. The van der Waals surface area contributed by atoms with Gasteiger partial charge in [-0.25, -0.2) is 0 Å². The smallest absolute Gasteiger partial charge is 0.233 e. The molecule has 3 nitrogen and oxygen atoms in total. The minimum Gasteiger partial charge on any atom is -0.399 e. The summed E-state index contributed by atoms with van der Waals surface area (Å²) < 4.78 is 0. The van der Waals surface area contributed by atoms with E-state index < -0.39 is 0 Å². The van der Waals surface area contributed by atoms with Gasteiger partial charge in [-0.1, -0.05) is 18.2 Å². The molecule has 0 spiro atoms. The molecule has 0 aliphatic heterocycles. The molecule has 1 aliphatic rings. The maximum Gasteiger partial charge on any atom is 0.233 e. The van der Waals surface area contributed by atoms with Gasteiger partial charge in [-0.15, -0.1) is 6.58 Å². The summed E-state index contributed by atoms with van der Waals surface area (Å²) in [5.74, 6) is 0.203. The Kier molecular flexibility index (Phi) is 3.63. The zero-order valence-corrected chi connectivity index (χ0v) is 12.6. The Bertz CT molecular complexity index is 507. The first-order valence-electron chi connectivity index (χ1n) is 7.10. The first kappa shape index (κ1) is 14.6. The second-order valence-electron chi connectivity index (χ2n) is 6.58. The van der Waals surface area contributed by atoms with Crippen LogP contribution in [-0.4, -0.2) is 22.9 Å². The monoisotopic (exact) mass is 272 g/mol. The van der Waals surface area contributed by atoms with Gasteiger partial charge in [0.15, 0.2) is 0 Å². The van der Waals surface area contributed by atoms with E-state index in [9.17, 15) is 4.79 Å². The summed E-state index contributed by atoms with van der Waals surface area (Å²) in [6.45, 7) is 10.5. The Morgan fingerprint density at radius 2 is 1.90 bits per heavy atom. The van der Waals surface area contributed by atoms with Crippen LogP contribution in [0.3, 0.4) is 0 Å². The van der Waals surface area contributed by atoms with E-state index >= 15 is 0 Å². The zero-order valence-electron chi connectivity index (χ0n) is 12.6. The second-order valence-corrected chi connectivity index (χ2v) is 6.58. The molecule has 0 heterocycles. The fourth-order valence-electron chi connectivity index (χ4n) is 2.60. The normalized spacial score (nSPS) is 16.6. The third-order valence-electron chi connectivity index (χ3n) is 3.99. The molecule has 1 fully saturated rings. The Balaban J connectivity index is 2.31. The molecule has 1 aromatic rings. The molecule has 2 rings (SSSR count). The van der Waals surface area contributed by atoms with Gasteiger partial charge in [0, 0.05) is 17.8 Å². The number of rotatable bonds is 4. The summed E-state index contributed by atoms with van der Waals surface area (Å²) in [6.07, 6.45) is 3.63. The fourth-order valence-corrected chi connectivity index (χ4v) is 2.60. The topological polar surface area (TPSA) is 46.3 Å². The number of hydrogen-bond acceptors (Lipinski definition) is 2. The average Bonchev–Trinajstić information content (AvgIpc) is 3.16. The highest BCUT2D eigenvalue weighted by Crippen LogP contribution is 2.50. The number of hydrogen-bond donors (Lipinski definition) is 1. The van der Waals surface area contributed by atoms with Crippen molar-refractivity contribution in [3.63, 3.8) is 0 Å². The summed E-state index contributed by atoms with van der Waals surface area (Å²) in [5, 5.41) is 0. The van der Waals surface area contributed by atoms with Gasteiger partial charge in [0.1, 0.15) is 0 Å². The van der Waals surface area contributed by atoms with Crippen LogP contribution in [0.4, 0.5) is 5.69 Å². The summed E-state index contributed by atoms with van der Waals surface area (Å²) in [7, 11) is 0. The van der Waals surface area contributed by atoms with E-state index in [0.29, 0.717) is 6.54 Å². The summed E-state index contributed by atoms with van der Waals surface area (Å²) in [4.78, 5) is 14.9. The van der Waals surface area contributed by atoms with Crippen molar-refractivity contribution < 1.29 is 4.79 Å². The molecule has 20 heavy (non-hydrogen) atoms. The molecular weight excluding hydrogens is 248 g/mol. The van der Waals surface area contributed by atoms with E-state index in [4.69, 9.17) is 5.73 Å². The highest BCUT2D eigenvalue weighted by molar-refractivity contribution is 5.92. The Labute approximate surface area is 121 Å². The van der Waals surface area contributed by atoms with Gasteiger partial charge in [0.2, 0.25) is 5.91 Å². The van der Waals surface area contributed by atoms with E-state index in [1.54, 1.807) is 6.08 Å². The molecule has 1 amide bonds. The Morgan fingerprint density at radius 1 is 1.35 bits per heavy atom. The number of carbonyl (C=O) groups is 1. The van der Waals surface area contributed by atoms with Gasteiger partial charge in [-0.2, -0.15) is 0 Å². The standard InChI is InChI=1S/C17H24N2O/c1-5-12-19(16(2,3)4)15(20)17(10-11-17)13-6-8-14(18)9-7-13/h5-9H,1,10-12,18H2,2-4H3. The van der Waals surface area contributed by atoms with E-state index in [1.807, 2.05) is 29.2 Å². The molecule has 0 saturated heterocycles. The van der Waals surface area contributed by atoms with Gasteiger partial charge in [-0.05, 0) is 51.3 Å². The average molecular weight is 272 g/mol. The first-order valence-corrected chi connectivity index (χ1v) is 7.10. The summed E-state index contributed by atoms with van der Waals surface area (Å²) >= 11 is 0. The van der Waals surface area contributed by atoms with Crippen LogP contribution in [0.15, 0.2) is 36.9 Å². The highest BCUT2D eigenvalue weighted by Gasteiger charge is 2.54. The van der Waals surface area contributed by atoms with Crippen LogP contribution in [0.5, 0.6) is 0 Å². The van der Waals surface area contributed by atoms with Crippen molar-refractivity contribution in [1.29, 1.82) is 0 Å². The molecule has 1 aliphatic carbocycles. The van der Waals surface area contributed by atoms with Crippen LogP contribution in [0.2, 0.25) is 0 Å². The SMILES string of the molecule is C=CCN(C(=O)C1(c2ccc(N)cc2)CC1)C(C)(C)C. The predicted octanol–water partition coefficient (Wildman–Crippen LogP) is 3.11. The maximum atomic E-state index is 13.0. The first-order chi connectivity index (χ1) is 9.31. The van der Waals surface area contributed by atoms with Crippen LogP contribution in [0, 0.1) is 0 Å². The lowest BCUT2D eigenvalue weighted by atomic mass is 9.91. The number of nitrogens with two attached hydrogens (primary N) is 1. The zero-order chi connectivity index (χ0) is 15.0. The van der Waals surface area contributed by atoms with Crippen LogP contribution in [-0.2, 0) is 10.2 Å². The van der Waals surface area contributed by atoms with Crippen LogP contribution in [0.25, 0.3) is 0 Å². The van der Waals surface area contributed by atoms with Crippen molar-refractivity contribution in [3.8, 4) is 0 Å². The van der Waals surface area contributed by atoms with Crippen molar-refractivity contribution in [2.24, 2.45) is 0 Å². The molecular formula is C17H24N2O. The lowest BCUT2D eigenvalue weighted by Gasteiger charge is -2.37. The second kappa shape index (κ2) is 4.97. The summed E-state index contributed by atoms with van der Waals surface area (Å²) in [5.41, 5.74) is 7.00. The molecule has 0 radical (unpaired) electrons. The highest BCUT2D eigenvalue weighted by atomic mass is 16.2. The number of carbonyl (C=O) groups excluding carboxylic acids is 1. The number of anilines is 1. The van der Waals surface area contributed by atoms with Gasteiger partial charge in [0.25, 0.3) is 0 Å². The number of benzene rings is 1. The van der Waals surface area contributed by atoms with Crippen LogP contribution >= 0.6 is 0 Å². The Hall–Kier alpha value is -1.77. The molecule has 0 bridgehead atoms. The lowest BCUT2D eigenvalue weighted by Crippen LogP contribution is -2.50. The molecule has 2 N–H and O–H groups in total. The van der Waals surface area contributed by atoms with Gasteiger partial charge >= 0.3 is 0 Å². The van der Waals surface area contributed by atoms with Gasteiger partial charge < -0.3 is 10.6 Å². The number of amides is 1. The van der Waals surface area contributed by atoms with E-state index in [2.05, 4.69) is 27.4 Å². The van der Waals surface area contributed by atoms with E-state index in [0.717, 1.165) is 24.1 Å². The quantitative estimate of drug-likeness (QED) is 0.676. The molecule has 0 unspecified atom stereocenters. The van der Waals surface area contributed by atoms with Crippen molar-refractivity contribution in [2.75, 3.05) is 12.3 Å². The van der Waals surface area contributed by atoms with Crippen LogP contribution < -0.4 is 5.73 Å². The maximum absolute atomic E-state index is 13.0. The van der Waals surface area contributed by atoms with Crippen LogP contribution in [0.1, 0.15) is 39.2 Å². The fraction of sp³-hybridized carbons (Fsp3) is 0.471. The van der Waals surface area contributed by atoms with Crippen molar-refractivity contribution in [2.45, 2.75) is 44.6 Å².